The summed E-state index contributed by atoms with van der Waals surface area (Å²) in [6.45, 7) is 2.39. The molecule has 0 spiro atoms. The van der Waals surface area contributed by atoms with Gasteiger partial charge in [0.05, 0.1) is 17.9 Å². The van der Waals surface area contributed by atoms with E-state index in [0.29, 0.717) is 30.3 Å². The molecule has 0 aliphatic carbocycles. The van der Waals surface area contributed by atoms with Gasteiger partial charge in [0.2, 0.25) is 5.91 Å². The number of carbonyl (C=O) groups excluding carboxylic acids is 1. The minimum absolute atomic E-state index is 0.00749. The molecule has 1 aliphatic rings. The highest BCUT2D eigenvalue weighted by atomic mass is 16.4. The summed E-state index contributed by atoms with van der Waals surface area (Å²) in [5, 5.41) is 19.3. The molecule has 0 bridgehead atoms. The van der Waals surface area contributed by atoms with Gasteiger partial charge in [-0.05, 0) is 37.5 Å². The number of benzene rings is 1. The number of aliphatic carboxylic acids is 1. The van der Waals surface area contributed by atoms with Crippen molar-refractivity contribution in [2.24, 2.45) is 5.92 Å². The molecule has 2 aromatic rings. The van der Waals surface area contributed by atoms with Crippen LogP contribution in [0.4, 0.5) is 0 Å². The van der Waals surface area contributed by atoms with Gasteiger partial charge in [-0.3, -0.25) is 9.59 Å². The second-order valence-corrected chi connectivity index (χ2v) is 6.37. The van der Waals surface area contributed by atoms with Crippen molar-refractivity contribution < 1.29 is 24.2 Å². The highest BCUT2D eigenvalue weighted by molar-refractivity contribution is 5.85. The lowest BCUT2D eigenvalue weighted by Crippen LogP contribution is -2.43. The first-order chi connectivity index (χ1) is 11.9. The Kier molecular flexibility index (Phi) is 4.48. The van der Waals surface area contributed by atoms with E-state index in [-0.39, 0.29) is 35.8 Å². The number of carbonyl (C=O) groups is 2. The Bertz CT molecular complexity index is 900. The third-order valence-corrected chi connectivity index (χ3v) is 4.72. The van der Waals surface area contributed by atoms with E-state index in [1.165, 1.54) is 17.0 Å². The fourth-order valence-electron chi connectivity index (χ4n) is 3.26. The van der Waals surface area contributed by atoms with Crippen LogP contribution in [0.1, 0.15) is 24.0 Å². The van der Waals surface area contributed by atoms with Crippen LogP contribution in [0, 0.1) is 12.8 Å². The number of carboxylic acid groups (broad SMARTS) is 1. The Hall–Kier alpha value is -2.83. The molecule has 0 unspecified atom stereocenters. The molecule has 1 aliphatic heterocycles. The molecule has 1 amide bonds. The standard InChI is InChI=1S/C18H19NO6/c1-10-13-5-4-12(20)7-15(13)25-18(24)14(10)8-16(21)19-6-2-3-11(9-19)17(22)23/h4-5,7,11,20H,2-3,6,8-9H2,1H3,(H,22,23)/t11-/m1/s1. The summed E-state index contributed by atoms with van der Waals surface area (Å²) in [5.74, 6) is -1.75. The Labute approximate surface area is 143 Å². The molecular weight excluding hydrogens is 326 g/mol. The van der Waals surface area contributed by atoms with Crippen LogP contribution in [0.3, 0.4) is 0 Å². The molecule has 7 heteroatoms. The number of hydrogen-bond donors (Lipinski definition) is 2. The Morgan fingerprint density at radius 1 is 1.36 bits per heavy atom. The molecule has 1 aromatic heterocycles. The van der Waals surface area contributed by atoms with Gasteiger partial charge in [0, 0.05) is 24.5 Å². The van der Waals surface area contributed by atoms with E-state index in [2.05, 4.69) is 0 Å². The molecule has 1 fully saturated rings. The van der Waals surface area contributed by atoms with E-state index in [4.69, 9.17) is 9.52 Å². The summed E-state index contributed by atoms with van der Waals surface area (Å²) >= 11 is 0. The van der Waals surface area contributed by atoms with Crippen LogP contribution in [0.5, 0.6) is 5.75 Å². The average Bonchev–Trinajstić information content (AvgIpc) is 2.58. The van der Waals surface area contributed by atoms with Gasteiger partial charge in [0.15, 0.2) is 0 Å². The quantitative estimate of drug-likeness (QED) is 0.819. The first-order valence-corrected chi connectivity index (χ1v) is 8.12. The molecule has 25 heavy (non-hydrogen) atoms. The van der Waals surface area contributed by atoms with Gasteiger partial charge < -0.3 is 19.5 Å². The van der Waals surface area contributed by atoms with Crippen molar-refractivity contribution in [2.45, 2.75) is 26.2 Å². The first kappa shape index (κ1) is 17.0. The molecular formula is C18H19NO6. The molecule has 2 N–H and O–H groups in total. The highest BCUT2D eigenvalue weighted by Gasteiger charge is 2.29. The van der Waals surface area contributed by atoms with Crippen LogP contribution in [0.15, 0.2) is 27.4 Å². The monoisotopic (exact) mass is 345 g/mol. The zero-order valence-electron chi connectivity index (χ0n) is 13.8. The summed E-state index contributed by atoms with van der Waals surface area (Å²) in [4.78, 5) is 37.4. The van der Waals surface area contributed by atoms with Crippen molar-refractivity contribution in [3.05, 3.63) is 39.7 Å². The lowest BCUT2D eigenvalue weighted by Gasteiger charge is -2.30. The Morgan fingerprint density at radius 2 is 2.12 bits per heavy atom. The normalized spacial score (nSPS) is 17.6. The second-order valence-electron chi connectivity index (χ2n) is 6.37. The minimum atomic E-state index is -0.904. The number of phenols is 1. The Morgan fingerprint density at radius 3 is 2.84 bits per heavy atom. The maximum Gasteiger partial charge on any atom is 0.340 e. The van der Waals surface area contributed by atoms with E-state index >= 15 is 0 Å². The number of likely N-dealkylation sites (tertiary alicyclic amines) is 1. The van der Waals surface area contributed by atoms with E-state index in [9.17, 15) is 19.5 Å². The van der Waals surface area contributed by atoms with Crippen molar-refractivity contribution in [3.8, 4) is 5.75 Å². The number of rotatable bonds is 3. The summed E-state index contributed by atoms with van der Waals surface area (Å²) in [7, 11) is 0. The van der Waals surface area contributed by atoms with Gasteiger partial charge in [-0.15, -0.1) is 0 Å². The van der Waals surface area contributed by atoms with E-state index in [1.807, 2.05) is 0 Å². The number of aryl methyl sites for hydroxylation is 1. The number of phenolic OH excluding ortho intramolecular Hbond substituents is 1. The fourth-order valence-corrected chi connectivity index (χ4v) is 3.26. The molecule has 0 saturated carbocycles. The summed E-state index contributed by atoms with van der Waals surface area (Å²) in [6.07, 6.45) is 1.06. The molecule has 1 saturated heterocycles. The molecule has 0 radical (unpaired) electrons. The number of hydrogen-bond acceptors (Lipinski definition) is 5. The molecule has 7 nitrogen and oxygen atoms in total. The van der Waals surface area contributed by atoms with Gasteiger partial charge in [0.1, 0.15) is 11.3 Å². The van der Waals surface area contributed by atoms with Gasteiger partial charge in [-0.25, -0.2) is 4.79 Å². The topological polar surface area (TPSA) is 108 Å². The third kappa shape index (κ3) is 3.35. The van der Waals surface area contributed by atoms with Crippen LogP contribution in [0.2, 0.25) is 0 Å². The van der Waals surface area contributed by atoms with Gasteiger partial charge in [0.25, 0.3) is 0 Å². The number of carboxylic acids is 1. The summed E-state index contributed by atoms with van der Waals surface area (Å²) < 4.78 is 5.22. The zero-order valence-corrected chi connectivity index (χ0v) is 13.8. The number of piperidine rings is 1. The van der Waals surface area contributed by atoms with Gasteiger partial charge in [-0.1, -0.05) is 0 Å². The number of nitrogens with zero attached hydrogens (tertiary/aromatic N) is 1. The largest absolute Gasteiger partial charge is 0.508 e. The number of fused-ring (bicyclic) bond motifs is 1. The van der Waals surface area contributed by atoms with Crippen molar-refractivity contribution >= 4 is 22.8 Å². The third-order valence-electron chi connectivity index (χ3n) is 4.72. The lowest BCUT2D eigenvalue weighted by atomic mass is 9.97. The van der Waals surface area contributed by atoms with E-state index in [1.54, 1.807) is 13.0 Å². The Balaban J connectivity index is 1.87. The smallest absolute Gasteiger partial charge is 0.340 e. The van der Waals surface area contributed by atoms with Crippen LogP contribution >= 0.6 is 0 Å². The lowest BCUT2D eigenvalue weighted by molar-refractivity contribution is -0.145. The van der Waals surface area contributed by atoms with Gasteiger partial charge >= 0.3 is 11.6 Å². The van der Waals surface area contributed by atoms with Crippen LogP contribution in [-0.2, 0) is 16.0 Å². The second kappa shape index (κ2) is 6.58. The van der Waals surface area contributed by atoms with Crippen LogP contribution < -0.4 is 5.63 Å². The van der Waals surface area contributed by atoms with Crippen molar-refractivity contribution in [3.63, 3.8) is 0 Å². The van der Waals surface area contributed by atoms with Crippen molar-refractivity contribution in [1.29, 1.82) is 0 Å². The number of aromatic hydroxyl groups is 1. The minimum Gasteiger partial charge on any atom is -0.508 e. The predicted octanol–water partition coefficient (Wildman–Crippen LogP) is 1.67. The fraction of sp³-hybridized carbons (Fsp3) is 0.389. The number of amides is 1. The van der Waals surface area contributed by atoms with Gasteiger partial charge in [-0.2, -0.15) is 0 Å². The molecule has 2 heterocycles. The molecule has 1 atom stereocenters. The zero-order chi connectivity index (χ0) is 18.1. The maximum absolute atomic E-state index is 12.5. The van der Waals surface area contributed by atoms with Crippen molar-refractivity contribution in [1.82, 2.24) is 4.90 Å². The molecule has 3 rings (SSSR count). The first-order valence-electron chi connectivity index (χ1n) is 8.12. The van der Waals surface area contributed by atoms with E-state index < -0.39 is 17.5 Å². The van der Waals surface area contributed by atoms with Crippen LogP contribution in [-0.4, -0.2) is 40.1 Å². The summed E-state index contributed by atoms with van der Waals surface area (Å²) in [6, 6.07) is 4.48. The van der Waals surface area contributed by atoms with Crippen LogP contribution in [0.25, 0.3) is 11.0 Å². The maximum atomic E-state index is 12.5. The molecule has 132 valence electrons. The average molecular weight is 345 g/mol. The SMILES string of the molecule is Cc1c(CC(=O)N2CCC[C@@H](C(=O)O)C2)c(=O)oc2cc(O)ccc12. The molecule has 1 aromatic carbocycles. The predicted molar refractivity (Wildman–Crippen MR) is 89.5 cm³/mol. The highest BCUT2D eigenvalue weighted by Crippen LogP contribution is 2.24. The van der Waals surface area contributed by atoms with E-state index in [0.717, 1.165) is 0 Å². The summed E-state index contributed by atoms with van der Waals surface area (Å²) in [5.41, 5.74) is 0.547. The van der Waals surface area contributed by atoms with Crippen molar-refractivity contribution in [2.75, 3.05) is 13.1 Å².